The maximum Gasteiger partial charge on any atom is 0.333 e. The summed E-state index contributed by atoms with van der Waals surface area (Å²) in [5.41, 5.74) is -0.696. The van der Waals surface area contributed by atoms with Crippen LogP contribution in [0.5, 0.6) is 0 Å². The number of carbonyl (C=O) groups is 1. The van der Waals surface area contributed by atoms with E-state index in [1.54, 1.807) is 12.3 Å². The van der Waals surface area contributed by atoms with Crippen LogP contribution in [0.3, 0.4) is 0 Å². The summed E-state index contributed by atoms with van der Waals surface area (Å²) in [6.45, 7) is 0.893. The highest BCUT2D eigenvalue weighted by Crippen LogP contribution is 2.30. The molecule has 14 heteroatoms. The SMILES string of the molecule is NS(=O)(=O)OC[C@H]1C[C@@H](Nc2ncncc2C(=O)c2ccn(CC#CC3(O)CCOCC3)n2)C[C@@H]1O. The molecule has 5 N–H and O–H groups in total. The van der Waals surface area contributed by atoms with Gasteiger partial charge in [0.25, 0.3) is 0 Å². The smallest absolute Gasteiger partial charge is 0.333 e. The number of carbonyl (C=O) groups excluding carboxylic acids is 1. The first kappa shape index (κ1) is 26.1. The van der Waals surface area contributed by atoms with E-state index < -0.39 is 33.7 Å². The first-order valence-electron chi connectivity index (χ1n) is 11.4. The zero-order valence-corrected chi connectivity index (χ0v) is 20.2. The number of rotatable bonds is 8. The molecule has 2 aromatic rings. The second-order valence-corrected chi connectivity index (χ2v) is 10.1. The molecule has 3 atom stereocenters. The summed E-state index contributed by atoms with van der Waals surface area (Å²) < 4.78 is 33.4. The Kier molecular flexibility index (Phi) is 7.98. The lowest BCUT2D eigenvalue weighted by Crippen LogP contribution is -2.34. The first-order chi connectivity index (χ1) is 17.1. The first-order valence-corrected chi connectivity index (χ1v) is 12.9. The molecule has 0 unspecified atom stereocenters. The van der Waals surface area contributed by atoms with Crippen LogP contribution in [-0.4, -0.2) is 81.7 Å². The van der Waals surface area contributed by atoms with Gasteiger partial charge in [-0.25, -0.2) is 15.1 Å². The van der Waals surface area contributed by atoms with Crippen LogP contribution in [0.25, 0.3) is 0 Å². The predicted octanol–water partition coefficient (Wildman–Crippen LogP) is -0.779. The number of hydrogen-bond acceptors (Lipinski definition) is 11. The van der Waals surface area contributed by atoms with Gasteiger partial charge in [0, 0.05) is 37.2 Å². The van der Waals surface area contributed by atoms with Crippen LogP contribution in [0.4, 0.5) is 5.82 Å². The van der Waals surface area contributed by atoms with E-state index in [1.165, 1.54) is 17.2 Å². The van der Waals surface area contributed by atoms with Gasteiger partial charge in [-0.05, 0) is 18.9 Å². The second kappa shape index (κ2) is 11.0. The molecule has 0 radical (unpaired) electrons. The molecule has 2 aromatic heterocycles. The van der Waals surface area contributed by atoms with E-state index in [4.69, 9.17) is 9.88 Å². The van der Waals surface area contributed by atoms with Gasteiger partial charge < -0.3 is 20.3 Å². The molecule has 1 aliphatic heterocycles. The van der Waals surface area contributed by atoms with E-state index in [0.717, 1.165) is 0 Å². The number of nitrogens with two attached hydrogens (primary N) is 1. The average Bonchev–Trinajstić information content (AvgIpc) is 3.44. The van der Waals surface area contributed by atoms with Crippen molar-refractivity contribution in [2.45, 2.75) is 50.0 Å². The lowest BCUT2D eigenvalue weighted by atomic mass is 9.95. The van der Waals surface area contributed by atoms with Gasteiger partial charge in [-0.2, -0.15) is 13.5 Å². The highest BCUT2D eigenvalue weighted by atomic mass is 32.2. The van der Waals surface area contributed by atoms with Gasteiger partial charge >= 0.3 is 10.3 Å². The lowest BCUT2D eigenvalue weighted by Gasteiger charge is -2.26. The maximum absolute atomic E-state index is 13.1. The molecule has 0 spiro atoms. The average molecular weight is 521 g/mol. The summed E-state index contributed by atoms with van der Waals surface area (Å²) in [5.74, 6) is 5.20. The van der Waals surface area contributed by atoms with Crippen LogP contribution < -0.4 is 10.5 Å². The Labute approximate surface area is 208 Å². The molecule has 194 valence electrons. The number of ether oxygens (including phenoxy) is 1. The number of nitrogens with one attached hydrogen (secondary N) is 1. The number of aromatic nitrogens is 4. The Morgan fingerprint density at radius 2 is 2.14 bits per heavy atom. The van der Waals surface area contributed by atoms with Crippen LogP contribution in [0.15, 0.2) is 24.8 Å². The van der Waals surface area contributed by atoms with Crippen molar-refractivity contribution in [2.75, 3.05) is 25.1 Å². The van der Waals surface area contributed by atoms with E-state index in [-0.39, 0.29) is 36.3 Å². The van der Waals surface area contributed by atoms with E-state index in [1.807, 2.05) is 0 Å². The molecule has 0 bridgehead atoms. The van der Waals surface area contributed by atoms with Crippen molar-refractivity contribution in [3.8, 4) is 11.8 Å². The third-order valence-electron chi connectivity index (χ3n) is 6.16. The van der Waals surface area contributed by atoms with E-state index in [2.05, 4.69) is 36.4 Å². The van der Waals surface area contributed by atoms with Crippen molar-refractivity contribution in [2.24, 2.45) is 11.1 Å². The lowest BCUT2D eigenvalue weighted by molar-refractivity contribution is -0.0262. The van der Waals surface area contributed by atoms with Gasteiger partial charge in [-0.15, -0.1) is 0 Å². The normalized spacial score (nSPS) is 23.6. The largest absolute Gasteiger partial charge is 0.393 e. The Morgan fingerprint density at radius 1 is 1.36 bits per heavy atom. The molecular formula is C22H28N6O7S. The van der Waals surface area contributed by atoms with Crippen molar-refractivity contribution >= 4 is 21.9 Å². The van der Waals surface area contributed by atoms with Crippen molar-refractivity contribution in [3.63, 3.8) is 0 Å². The fraction of sp³-hybridized carbons (Fsp3) is 0.545. The summed E-state index contributed by atoms with van der Waals surface area (Å²) >= 11 is 0. The minimum atomic E-state index is -4.10. The Bertz CT molecular complexity index is 1250. The van der Waals surface area contributed by atoms with Crippen LogP contribution in [0, 0.1) is 17.8 Å². The molecule has 36 heavy (non-hydrogen) atoms. The molecule has 0 amide bonds. The summed E-state index contributed by atoms with van der Waals surface area (Å²) in [4.78, 5) is 21.3. The molecule has 0 aromatic carbocycles. The van der Waals surface area contributed by atoms with Gasteiger partial charge in [0.2, 0.25) is 5.78 Å². The van der Waals surface area contributed by atoms with Gasteiger partial charge in [-0.3, -0.25) is 13.7 Å². The van der Waals surface area contributed by atoms with E-state index in [9.17, 15) is 23.4 Å². The molecule has 1 saturated heterocycles. The van der Waals surface area contributed by atoms with Crippen molar-refractivity contribution in [1.29, 1.82) is 0 Å². The summed E-state index contributed by atoms with van der Waals surface area (Å²) in [6, 6.07) is 1.28. The van der Waals surface area contributed by atoms with Crippen molar-refractivity contribution in [3.05, 3.63) is 36.0 Å². The molecule has 1 aliphatic carbocycles. The fourth-order valence-corrected chi connectivity index (χ4v) is 4.58. The number of hydrogen-bond donors (Lipinski definition) is 4. The quantitative estimate of drug-likeness (QED) is 0.252. The minimum absolute atomic E-state index is 0.172. The maximum atomic E-state index is 13.1. The van der Waals surface area contributed by atoms with Gasteiger partial charge in [-0.1, -0.05) is 11.8 Å². The van der Waals surface area contributed by atoms with Crippen LogP contribution in [-0.2, 0) is 25.8 Å². The monoisotopic (exact) mass is 520 g/mol. The molecular weight excluding hydrogens is 492 g/mol. The number of nitrogens with zero attached hydrogens (tertiary/aromatic N) is 4. The fourth-order valence-electron chi connectivity index (χ4n) is 4.21. The topological polar surface area (TPSA) is 192 Å². The van der Waals surface area contributed by atoms with Crippen LogP contribution >= 0.6 is 0 Å². The molecule has 1 saturated carbocycles. The van der Waals surface area contributed by atoms with E-state index in [0.29, 0.717) is 38.9 Å². The minimum Gasteiger partial charge on any atom is -0.393 e. The number of aliphatic hydroxyl groups is 2. The van der Waals surface area contributed by atoms with Gasteiger partial charge in [0.05, 0.1) is 31.5 Å². The van der Waals surface area contributed by atoms with Gasteiger partial charge in [0.15, 0.2) is 0 Å². The predicted molar refractivity (Wildman–Crippen MR) is 126 cm³/mol. The number of aliphatic hydroxyl groups excluding tert-OH is 1. The molecule has 4 rings (SSSR count). The Balaban J connectivity index is 1.39. The number of ketones is 1. The Morgan fingerprint density at radius 3 is 2.89 bits per heavy atom. The zero-order chi connectivity index (χ0) is 25.8. The summed E-state index contributed by atoms with van der Waals surface area (Å²) in [6.07, 6.45) is 5.08. The highest BCUT2D eigenvalue weighted by Gasteiger charge is 2.35. The molecule has 2 fully saturated rings. The van der Waals surface area contributed by atoms with Crippen LogP contribution in [0.1, 0.15) is 41.7 Å². The number of anilines is 1. The third-order valence-corrected chi connectivity index (χ3v) is 6.62. The summed E-state index contributed by atoms with van der Waals surface area (Å²) in [5, 5.41) is 33.0. The molecule has 13 nitrogen and oxygen atoms in total. The second-order valence-electron chi connectivity index (χ2n) is 8.88. The Hall–Kier alpha value is -2.93. The third kappa shape index (κ3) is 6.84. The zero-order valence-electron chi connectivity index (χ0n) is 19.4. The van der Waals surface area contributed by atoms with Gasteiger partial charge in [0.1, 0.15) is 30.0 Å². The highest BCUT2D eigenvalue weighted by molar-refractivity contribution is 7.84. The van der Waals surface area contributed by atoms with E-state index >= 15 is 0 Å². The van der Waals surface area contributed by atoms with Crippen LogP contribution in [0.2, 0.25) is 0 Å². The molecule has 3 heterocycles. The van der Waals surface area contributed by atoms with Crippen molar-refractivity contribution < 1.29 is 32.3 Å². The summed E-state index contributed by atoms with van der Waals surface area (Å²) in [7, 11) is -4.10. The standard InChI is InChI=1S/C22H28N6O7S/c23-36(32,33)35-13-15-10-16(11-19(15)29)26-21-17(12-24-14-25-21)20(30)18-2-7-28(27-18)6-1-3-22(31)4-8-34-9-5-22/h2,7,12,14-16,19,29,31H,4-6,8-11,13H2,(H2,23,32,33)(H,24,25,26)/t15-,16-,19+/m1/s1. The van der Waals surface area contributed by atoms with Crippen molar-refractivity contribution in [1.82, 2.24) is 19.7 Å². The molecule has 2 aliphatic rings.